The Kier molecular flexibility index (Phi) is 3.95. The Morgan fingerprint density at radius 2 is 1.95 bits per heavy atom. The van der Waals surface area contributed by atoms with Crippen molar-refractivity contribution in [3.63, 3.8) is 0 Å². The highest BCUT2D eigenvalue weighted by atomic mass is 35.5. The van der Waals surface area contributed by atoms with Crippen LogP contribution in [0.1, 0.15) is 17.2 Å². The van der Waals surface area contributed by atoms with Crippen LogP contribution in [-0.2, 0) is 0 Å². The third-order valence-electron chi connectivity index (χ3n) is 3.84. The third-order valence-corrected chi connectivity index (χ3v) is 4.16. The molecule has 2 nitrogen and oxygen atoms in total. The molecular formula is C17H19ClN2. The second-order valence-electron chi connectivity index (χ2n) is 5.28. The second kappa shape index (κ2) is 5.86. The van der Waals surface area contributed by atoms with E-state index in [0.29, 0.717) is 6.04 Å². The molecule has 0 bridgehead atoms. The first kappa shape index (κ1) is 13.5. The number of hydrogen-bond donors (Lipinski definition) is 1. The van der Waals surface area contributed by atoms with Crippen molar-refractivity contribution in [3.05, 3.63) is 64.7 Å². The molecule has 1 heterocycles. The highest BCUT2D eigenvalue weighted by Gasteiger charge is 2.25. The zero-order chi connectivity index (χ0) is 13.9. The molecule has 0 radical (unpaired) electrons. The van der Waals surface area contributed by atoms with Gasteiger partial charge in [-0.25, -0.2) is 0 Å². The van der Waals surface area contributed by atoms with Gasteiger partial charge >= 0.3 is 0 Å². The van der Waals surface area contributed by atoms with Crippen LogP contribution in [0.3, 0.4) is 0 Å². The molecule has 2 aromatic carbocycles. The average Bonchev–Trinajstić information content (AvgIpc) is 2.51. The molecule has 1 saturated heterocycles. The molecule has 0 amide bonds. The molecule has 1 aliphatic heterocycles. The largest absolute Gasteiger partial charge is 0.361 e. The summed E-state index contributed by atoms with van der Waals surface area (Å²) in [5.74, 6) is 0. The average molecular weight is 287 g/mol. The lowest BCUT2D eigenvalue weighted by Crippen LogP contribution is -2.46. The van der Waals surface area contributed by atoms with E-state index < -0.39 is 0 Å². The van der Waals surface area contributed by atoms with Crippen LogP contribution in [0, 0.1) is 6.92 Å². The van der Waals surface area contributed by atoms with Crippen molar-refractivity contribution in [2.24, 2.45) is 0 Å². The topological polar surface area (TPSA) is 15.3 Å². The summed E-state index contributed by atoms with van der Waals surface area (Å²) in [5, 5.41) is 4.31. The summed E-state index contributed by atoms with van der Waals surface area (Å²) in [5.41, 5.74) is 3.72. The highest BCUT2D eigenvalue weighted by molar-refractivity contribution is 6.33. The molecule has 2 aromatic rings. The number of benzene rings is 2. The van der Waals surface area contributed by atoms with E-state index in [1.807, 2.05) is 6.07 Å². The predicted octanol–water partition coefficient (Wildman–Crippen LogP) is 3.80. The number of halogens is 1. The van der Waals surface area contributed by atoms with Gasteiger partial charge in [-0.3, -0.25) is 0 Å². The van der Waals surface area contributed by atoms with E-state index >= 15 is 0 Å². The maximum Gasteiger partial charge on any atom is 0.0668 e. The molecule has 3 heteroatoms. The number of nitrogens with zero attached hydrogens (tertiary/aromatic N) is 1. The van der Waals surface area contributed by atoms with Crippen LogP contribution in [0.2, 0.25) is 5.02 Å². The molecule has 1 atom stereocenters. The maximum absolute atomic E-state index is 6.42. The minimum Gasteiger partial charge on any atom is -0.361 e. The molecule has 0 aromatic heterocycles. The van der Waals surface area contributed by atoms with Gasteiger partial charge in [0.2, 0.25) is 0 Å². The van der Waals surface area contributed by atoms with E-state index in [4.69, 9.17) is 11.6 Å². The summed E-state index contributed by atoms with van der Waals surface area (Å²) in [6, 6.07) is 17.2. The van der Waals surface area contributed by atoms with Crippen LogP contribution in [0.5, 0.6) is 0 Å². The van der Waals surface area contributed by atoms with E-state index in [1.54, 1.807) is 0 Å². The molecule has 0 saturated carbocycles. The third kappa shape index (κ3) is 2.67. The lowest BCUT2D eigenvalue weighted by molar-refractivity contribution is 0.490. The number of nitrogens with one attached hydrogen (secondary N) is 1. The van der Waals surface area contributed by atoms with Crippen LogP contribution in [0.15, 0.2) is 48.5 Å². The number of aryl methyl sites for hydroxylation is 1. The monoisotopic (exact) mass is 286 g/mol. The van der Waals surface area contributed by atoms with E-state index in [2.05, 4.69) is 59.6 Å². The standard InChI is InChI=1S/C17H19ClN2/c1-13-7-8-15(18)16(11-13)20-10-9-19-12-17(20)14-5-3-2-4-6-14/h2-8,11,17,19H,9-10,12H2,1H3. The minimum absolute atomic E-state index is 0.337. The van der Waals surface area contributed by atoms with Crippen molar-refractivity contribution < 1.29 is 0 Å². The first-order valence-corrected chi connectivity index (χ1v) is 7.42. The first-order chi connectivity index (χ1) is 9.75. The van der Waals surface area contributed by atoms with Gasteiger partial charge in [0.1, 0.15) is 0 Å². The fraction of sp³-hybridized carbons (Fsp3) is 0.294. The molecule has 20 heavy (non-hydrogen) atoms. The summed E-state index contributed by atoms with van der Waals surface area (Å²) in [6.45, 7) is 5.03. The van der Waals surface area contributed by atoms with Gasteiger partial charge in [0.05, 0.1) is 16.8 Å². The van der Waals surface area contributed by atoms with Crippen molar-refractivity contribution in [1.82, 2.24) is 5.32 Å². The second-order valence-corrected chi connectivity index (χ2v) is 5.69. The zero-order valence-corrected chi connectivity index (χ0v) is 12.4. The van der Waals surface area contributed by atoms with E-state index in [-0.39, 0.29) is 0 Å². The van der Waals surface area contributed by atoms with Gasteiger partial charge < -0.3 is 10.2 Å². The van der Waals surface area contributed by atoms with Crippen LogP contribution in [0.4, 0.5) is 5.69 Å². The predicted molar refractivity (Wildman–Crippen MR) is 85.6 cm³/mol. The van der Waals surface area contributed by atoms with Crippen LogP contribution >= 0.6 is 11.6 Å². The van der Waals surface area contributed by atoms with Gasteiger partial charge in [-0.15, -0.1) is 0 Å². The molecule has 1 aliphatic rings. The number of anilines is 1. The van der Waals surface area contributed by atoms with Crippen LogP contribution in [-0.4, -0.2) is 19.6 Å². The maximum atomic E-state index is 6.42. The molecule has 1 N–H and O–H groups in total. The lowest BCUT2D eigenvalue weighted by atomic mass is 10.0. The van der Waals surface area contributed by atoms with Gasteiger partial charge in [-0.2, -0.15) is 0 Å². The fourth-order valence-electron chi connectivity index (χ4n) is 2.81. The SMILES string of the molecule is Cc1ccc(Cl)c(N2CCNCC2c2ccccc2)c1. The van der Waals surface area contributed by atoms with Gasteiger partial charge in [-0.05, 0) is 30.2 Å². The van der Waals surface area contributed by atoms with E-state index in [0.717, 1.165) is 30.3 Å². The van der Waals surface area contributed by atoms with E-state index in [1.165, 1.54) is 11.1 Å². The molecule has 0 spiro atoms. The van der Waals surface area contributed by atoms with Gasteiger partial charge in [0.25, 0.3) is 0 Å². The Labute approximate surface area is 125 Å². The Morgan fingerprint density at radius 1 is 1.15 bits per heavy atom. The Balaban J connectivity index is 1.99. The molecular weight excluding hydrogens is 268 g/mol. The van der Waals surface area contributed by atoms with Crippen molar-refractivity contribution in [2.75, 3.05) is 24.5 Å². The summed E-state index contributed by atoms with van der Waals surface area (Å²) in [6.07, 6.45) is 0. The van der Waals surface area contributed by atoms with Crippen molar-refractivity contribution in [1.29, 1.82) is 0 Å². The molecule has 1 fully saturated rings. The number of hydrogen-bond acceptors (Lipinski definition) is 2. The molecule has 1 unspecified atom stereocenters. The summed E-state index contributed by atoms with van der Waals surface area (Å²) >= 11 is 6.42. The van der Waals surface area contributed by atoms with E-state index in [9.17, 15) is 0 Å². The number of rotatable bonds is 2. The zero-order valence-electron chi connectivity index (χ0n) is 11.6. The van der Waals surface area contributed by atoms with Crippen molar-refractivity contribution in [3.8, 4) is 0 Å². The Morgan fingerprint density at radius 3 is 2.75 bits per heavy atom. The highest BCUT2D eigenvalue weighted by Crippen LogP contribution is 2.34. The van der Waals surface area contributed by atoms with Gasteiger partial charge in [-0.1, -0.05) is 48.0 Å². The Hall–Kier alpha value is -1.51. The summed E-state index contributed by atoms with van der Waals surface area (Å²) < 4.78 is 0. The molecule has 3 rings (SSSR count). The quantitative estimate of drug-likeness (QED) is 0.903. The molecule has 104 valence electrons. The van der Waals surface area contributed by atoms with Crippen molar-refractivity contribution in [2.45, 2.75) is 13.0 Å². The number of piperazine rings is 1. The van der Waals surface area contributed by atoms with Crippen LogP contribution < -0.4 is 10.2 Å². The summed E-state index contributed by atoms with van der Waals surface area (Å²) in [7, 11) is 0. The first-order valence-electron chi connectivity index (χ1n) is 7.04. The molecule has 0 aliphatic carbocycles. The minimum atomic E-state index is 0.337. The Bertz CT molecular complexity index is 583. The van der Waals surface area contributed by atoms with Crippen molar-refractivity contribution >= 4 is 17.3 Å². The fourth-order valence-corrected chi connectivity index (χ4v) is 3.03. The van der Waals surface area contributed by atoms with Gasteiger partial charge in [0.15, 0.2) is 0 Å². The van der Waals surface area contributed by atoms with Crippen LogP contribution in [0.25, 0.3) is 0 Å². The normalized spacial score (nSPS) is 19.1. The smallest absolute Gasteiger partial charge is 0.0668 e. The van der Waals surface area contributed by atoms with Gasteiger partial charge in [0, 0.05) is 19.6 Å². The summed E-state index contributed by atoms with van der Waals surface area (Å²) in [4.78, 5) is 2.42. The lowest BCUT2D eigenvalue weighted by Gasteiger charge is -2.39.